The Bertz CT molecular complexity index is 1260. The maximum absolute atomic E-state index is 13.5. The number of Topliss-reactive ketones (excluding diaryl/α,β-unsaturated/α-hetero) is 2. The summed E-state index contributed by atoms with van der Waals surface area (Å²) in [4.78, 5) is 60.6. The first-order chi connectivity index (χ1) is 21.1. The number of amides is 1. The molecule has 45 heavy (non-hydrogen) atoms. The summed E-state index contributed by atoms with van der Waals surface area (Å²) in [5, 5.41) is 26.3. The molecule has 0 spiro atoms. The third-order valence-corrected chi connectivity index (χ3v) is 12.3. The first kappa shape index (κ1) is 38.6. The summed E-state index contributed by atoms with van der Waals surface area (Å²) >= 11 is -1.26. The van der Waals surface area contributed by atoms with Crippen LogP contribution in [0.3, 0.4) is 0 Å². The molecule has 1 saturated carbocycles. The van der Waals surface area contributed by atoms with Crippen molar-refractivity contribution in [3.05, 3.63) is 56.9 Å². The number of ketones is 2. The van der Waals surface area contributed by atoms with E-state index in [1.165, 1.54) is 8.48 Å². The fraction of sp³-hybridized carbons (Fsp3) is 0.588. The summed E-state index contributed by atoms with van der Waals surface area (Å²) < 4.78 is 7.09. The van der Waals surface area contributed by atoms with Gasteiger partial charge in [0.1, 0.15) is 0 Å². The summed E-state index contributed by atoms with van der Waals surface area (Å²) in [6.45, 7) is 17.0. The number of hydrogen-bond donors (Lipinski definition) is 3. The Balaban J connectivity index is 2.66. The molecular formula is C34H52IN3O7. The van der Waals surface area contributed by atoms with Crippen LogP contribution < -0.4 is 5.32 Å². The second-order valence-electron chi connectivity index (χ2n) is 12.0. The minimum absolute atomic E-state index is 0.00534. The first-order valence-electron chi connectivity index (χ1n) is 15.4. The number of nitrogens with one attached hydrogen (secondary N) is 1. The third kappa shape index (κ3) is 9.46. The van der Waals surface area contributed by atoms with Crippen LogP contribution >= 0.6 is 19.8 Å². The SMILES string of the molecule is C=C1C(=O)C(=C)[C@H]([C@H](OC(=O)CC)[C@H](O)[C@@H](/C(O)=C(\C(=O)CC)C(=O)NCN2CCCC2)N(C)C)[C@@H](C)/C1=C/C=C(\C)I(C)C. The van der Waals surface area contributed by atoms with Crippen LogP contribution in [-0.2, 0) is 23.9 Å². The molecule has 0 aromatic heterocycles. The van der Waals surface area contributed by atoms with Gasteiger partial charge < -0.3 is 5.32 Å². The molecule has 1 amide bonds. The van der Waals surface area contributed by atoms with Gasteiger partial charge in [-0.3, -0.25) is 14.5 Å². The molecule has 10 nitrogen and oxygen atoms in total. The molecule has 2 aliphatic rings. The zero-order valence-corrected chi connectivity index (χ0v) is 30.3. The number of carbonyl (C=O) groups is 4. The molecule has 2 fully saturated rings. The van der Waals surface area contributed by atoms with Gasteiger partial charge in [-0.15, -0.1) is 0 Å². The second-order valence-corrected chi connectivity index (χ2v) is 18.0. The molecule has 2 rings (SSSR count). The second kappa shape index (κ2) is 17.3. The van der Waals surface area contributed by atoms with Gasteiger partial charge in [0.15, 0.2) is 0 Å². The topological polar surface area (TPSA) is 136 Å². The van der Waals surface area contributed by atoms with Crippen LogP contribution in [0.15, 0.2) is 56.9 Å². The van der Waals surface area contributed by atoms with E-state index in [-0.39, 0.29) is 30.7 Å². The van der Waals surface area contributed by atoms with Gasteiger partial charge in [0.05, 0.1) is 6.67 Å². The van der Waals surface area contributed by atoms with E-state index in [0.717, 1.165) is 25.9 Å². The van der Waals surface area contributed by atoms with Crippen LogP contribution in [-0.4, -0.2) is 105 Å². The summed E-state index contributed by atoms with van der Waals surface area (Å²) in [6.07, 6.45) is 2.80. The standard InChI is InChI=1S/C34H52IN3O7/c1-11-25(39)28(34(44)36-19-38-17-13-14-18-38)31(42)29(37(9)10)32(43)33(45-26(40)12-2)27-21(4)24(16-15-20(3)35(7)8)22(5)30(41)23(27)6/h15-16,21,27,29,32-33,42-43H,5-6,11-14,17-19H2,1-4,7-10H3,(H,36,44)/b20-15+,24-16-,31-28-/t21-,27+,29+,32+,33-/m0/s1. The van der Waals surface area contributed by atoms with Crippen LogP contribution in [0, 0.1) is 11.8 Å². The quantitative estimate of drug-likeness (QED) is 0.0458. The average Bonchev–Trinajstić information content (AvgIpc) is 3.51. The maximum atomic E-state index is 13.5. The molecule has 1 aliphatic heterocycles. The molecule has 5 atom stereocenters. The van der Waals surface area contributed by atoms with Crippen LogP contribution in [0.2, 0.25) is 0 Å². The van der Waals surface area contributed by atoms with Gasteiger partial charge in [0.2, 0.25) is 0 Å². The van der Waals surface area contributed by atoms with Crippen LogP contribution in [0.1, 0.15) is 53.4 Å². The molecule has 1 aliphatic carbocycles. The molecule has 1 saturated heterocycles. The zero-order valence-electron chi connectivity index (χ0n) is 28.1. The molecule has 0 aromatic rings. The Morgan fingerprint density at radius 1 is 1.16 bits per heavy atom. The van der Waals surface area contributed by atoms with Crippen molar-refractivity contribution in [3.8, 4) is 0 Å². The molecule has 3 N–H and O–H groups in total. The number of likely N-dealkylation sites (N-methyl/N-ethyl adjacent to an activating group) is 1. The average molecular weight is 742 g/mol. The van der Waals surface area contributed by atoms with Crippen molar-refractivity contribution in [1.82, 2.24) is 15.1 Å². The van der Waals surface area contributed by atoms with Gasteiger partial charge >= 0.3 is 211 Å². The Hall–Kier alpha value is -2.61. The van der Waals surface area contributed by atoms with Gasteiger partial charge in [-0.25, -0.2) is 0 Å². The van der Waals surface area contributed by atoms with Gasteiger partial charge in [0.25, 0.3) is 0 Å². The molecule has 0 bridgehead atoms. The molecule has 0 unspecified atom stereocenters. The number of hydrogen-bond acceptors (Lipinski definition) is 9. The Morgan fingerprint density at radius 3 is 2.27 bits per heavy atom. The number of aliphatic hydroxyl groups is 2. The van der Waals surface area contributed by atoms with Crippen molar-refractivity contribution in [2.75, 3.05) is 43.7 Å². The van der Waals surface area contributed by atoms with Gasteiger partial charge in [-0.05, 0) is 25.9 Å². The summed E-state index contributed by atoms with van der Waals surface area (Å²) in [7, 11) is 3.14. The fourth-order valence-corrected chi connectivity index (χ4v) is 6.62. The van der Waals surface area contributed by atoms with E-state index in [1.807, 2.05) is 24.0 Å². The minimum atomic E-state index is -1.66. The summed E-state index contributed by atoms with van der Waals surface area (Å²) in [6, 6.07) is -1.34. The number of halogens is 1. The number of rotatable bonds is 14. The van der Waals surface area contributed by atoms with Crippen molar-refractivity contribution in [3.63, 3.8) is 0 Å². The summed E-state index contributed by atoms with van der Waals surface area (Å²) in [5.41, 5.74) is 0.581. The molecular weight excluding hydrogens is 689 g/mol. The third-order valence-electron chi connectivity index (χ3n) is 8.59. The van der Waals surface area contributed by atoms with Crippen molar-refractivity contribution in [2.45, 2.75) is 71.6 Å². The number of likely N-dealkylation sites (tertiary alicyclic amines) is 1. The van der Waals surface area contributed by atoms with Crippen molar-refractivity contribution < 1.29 is 34.1 Å². The molecule has 0 aromatic carbocycles. The molecule has 1 heterocycles. The number of aliphatic hydroxyl groups excluding tert-OH is 2. The predicted octanol–water partition coefficient (Wildman–Crippen LogP) is 4.10. The number of nitrogens with zero attached hydrogens (tertiary/aromatic N) is 2. The van der Waals surface area contributed by atoms with Gasteiger partial charge in [-0.1, -0.05) is 6.92 Å². The molecule has 11 heteroatoms. The number of allylic oxidation sites excluding steroid dienone is 5. The monoisotopic (exact) mass is 741 g/mol. The Labute approximate surface area is 275 Å². The van der Waals surface area contributed by atoms with Crippen LogP contribution in [0.25, 0.3) is 0 Å². The summed E-state index contributed by atoms with van der Waals surface area (Å²) in [5.74, 6) is -4.37. The van der Waals surface area contributed by atoms with E-state index in [9.17, 15) is 29.4 Å². The van der Waals surface area contributed by atoms with Crippen LogP contribution in [0.4, 0.5) is 0 Å². The van der Waals surface area contributed by atoms with E-state index in [2.05, 4.69) is 35.3 Å². The fourth-order valence-electron chi connectivity index (χ4n) is 5.72. The van der Waals surface area contributed by atoms with E-state index < -0.39 is 84.7 Å². The number of esters is 1. The first-order valence-corrected chi connectivity index (χ1v) is 20.8. The molecule has 0 radical (unpaired) electrons. The van der Waals surface area contributed by atoms with Gasteiger partial charge in [0, 0.05) is 6.42 Å². The van der Waals surface area contributed by atoms with E-state index >= 15 is 0 Å². The Kier molecular flexibility index (Phi) is 14.9. The van der Waals surface area contributed by atoms with Crippen LogP contribution in [0.5, 0.6) is 0 Å². The predicted molar refractivity (Wildman–Crippen MR) is 186 cm³/mol. The number of ether oxygens (including phenoxy) is 1. The number of alkyl halides is 2. The normalized spacial score (nSPS) is 23.5. The zero-order chi connectivity index (χ0) is 34.2. The number of carbonyl (C=O) groups excluding carboxylic acids is 4. The van der Waals surface area contributed by atoms with Crippen molar-refractivity contribution in [2.24, 2.45) is 11.8 Å². The van der Waals surface area contributed by atoms with Crippen molar-refractivity contribution >= 4 is 43.3 Å². The van der Waals surface area contributed by atoms with E-state index in [0.29, 0.717) is 5.57 Å². The van der Waals surface area contributed by atoms with Crippen molar-refractivity contribution in [1.29, 1.82) is 0 Å². The molecule has 252 valence electrons. The van der Waals surface area contributed by atoms with E-state index in [1.54, 1.807) is 27.9 Å². The Morgan fingerprint density at radius 2 is 1.76 bits per heavy atom. The van der Waals surface area contributed by atoms with Gasteiger partial charge in [-0.2, -0.15) is 0 Å². The van der Waals surface area contributed by atoms with E-state index in [4.69, 9.17) is 4.74 Å².